The van der Waals surface area contributed by atoms with E-state index < -0.39 is 11.9 Å². The minimum atomic E-state index is -0.877. The van der Waals surface area contributed by atoms with Crippen LogP contribution >= 0.6 is 11.8 Å². The molecule has 0 fully saturated rings. The molecular formula is C14H12FN3OS. The van der Waals surface area contributed by atoms with Crippen LogP contribution in [0.5, 0.6) is 0 Å². The highest BCUT2D eigenvalue weighted by atomic mass is 32.2. The normalized spacial score (nSPS) is 12.8. The van der Waals surface area contributed by atoms with Gasteiger partial charge in [-0.1, -0.05) is 12.1 Å². The first kappa shape index (κ1) is 13.1. The third kappa shape index (κ3) is 2.28. The number of halogens is 1. The Morgan fingerprint density at radius 3 is 2.85 bits per heavy atom. The smallest absolute Gasteiger partial charge is 0.200 e. The molecule has 20 heavy (non-hydrogen) atoms. The van der Waals surface area contributed by atoms with Crippen LogP contribution < -0.4 is 0 Å². The van der Waals surface area contributed by atoms with Crippen molar-refractivity contribution in [3.63, 3.8) is 0 Å². The first-order valence-electron chi connectivity index (χ1n) is 6.11. The monoisotopic (exact) mass is 289 g/mol. The molecule has 0 saturated heterocycles. The van der Waals surface area contributed by atoms with Crippen LogP contribution in [0.2, 0.25) is 0 Å². The van der Waals surface area contributed by atoms with Crippen molar-refractivity contribution in [2.45, 2.75) is 23.1 Å². The quantitative estimate of drug-likeness (QED) is 0.805. The van der Waals surface area contributed by atoms with Crippen molar-refractivity contribution in [3.05, 3.63) is 54.0 Å². The Labute approximate surface area is 119 Å². The van der Waals surface area contributed by atoms with Crippen LogP contribution in [0.4, 0.5) is 4.39 Å². The predicted molar refractivity (Wildman–Crippen MR) is 74.1 cm³/mol. The van der Waals surface area contributed by atoms with Crippen LogP contribution in [0.3, 0.4) is 0 Å². The highest BCUT2D eigenvalue weighted by Gasteiger charge is 2.16. The molecule has 0 spiro atoms. The van der Waals surface area contributed by atoms with E-state index in [1.54, 1.807) is 19.1 Å². The van der Waals surface area contributed by atoms with Gasteiger partial charge in [-0.3, -0.25) is 4.40 Å². The summed E-state index contributed by atoms with van der Waals surface area (Å²) in [5.74, 6) is -0.418. The second kappa shape index (κ2) is 5.22. The molecule has 0 aliphatic heterocycles. The molecule has 2 heterocycles. The van der Waals surface area contributed by atoms with E-state index in [9.17, 15) is 9.50 Å². The first-order valence-corrected chi connectivity index (χ1v) is 6.92. The molecule has 4 nitrogen and oxygen atoms in total. The third-order valence-electron chi connectivity index (χ3n) is 2.91. The standard InChI is InChI=1S/C14H12FN3OS/c1-9(19)13-10(15)5-4-6-11(13)20-14-17-16-12-7-2-3-8-18(12)14/h2-9,19H,1H3/t9-/m1/s1. The summed E-state index contributed by atoms with van der Waals surface area (Å²) in [4.78, 5) is 0.637. The molecule has 0 amide bonds. The zero-order chi connectivity index (χ0) is 14.1. The number of aromatic nitrogens is 3. The SMILES string of the molecule is C[C@@H](O)c1c(F)cccc1Sc1nnc2ccccn12. The minimum absolute atomic E-state index is 0.283. The van der Waals surface area contributed by atoms with E-state index in [4.69, 9.17) is 0 Å². The summed E-state index contributed by atoms with van der Waals surface area (Å²) in [5, 5.41) is 18.5. The van der Waals surface area contributed by atoms with Gasteiger partial charge in [0.15, 0.2) is 10.8 Å². The maximum Gasteiger partial charge on any atom is 0.200 e. The molecule has 102 valence electrons. The molecule has 0 aliphatic rings. The van der Waals surface area contributed by atoms with Crippen molar-refractivity contribution < 1.29 is 9.50 Å². The van der Waals surface area contributed by atoms with Gasteiger partial charge in [0.2, 0.25) is 0 Å². The Bertz CT molecular complexity index is 757. The van der Waals surface area contributed by atoms with Crippen LogP contribution in [-0.4, -0.2) is 19.7 Å². The maximum absolute atomic E-state index is 13.8. The van der Waals surface area contributed by atoms with Gasteiger partial charge in [-0.05, 0) is 43.0 Å². The number of hydrogen-bond donors (Lipinski definition) is 1. The van der Waals surface area contributed by atoms with E-state index >= 15 is 0 Å². The fourth-order valence-electron chi connectivity index (χ4n) is 2.00. The van der Waals surface area contributed by atoms with Crippen LogP contribution in [0.25, 0.3) is 5.65 Å². The van der Waals surface area contributed by atoms with Crippen molar-refractivity contribution in [1.82, 2.24) is 14.6 Å². The highest BCUT2D eigenvalue weighted by Crippen LogP contribution is 2.33. The average Bonchev–Trinajstić information content (AvgIpc) is 2.82. The lowest BCUT2D eigenvalue weighted by Crippen LogP contribution is -1.99. The van der Waals surface area contributed by atoms with E-state index in [1.165, 1.54) is 17.8 Å². The molecule has 0 bridgehead atoms. The van der Waals surface area contributed by atoms with Crippen molar-refractivity contribution in [2.24, 2.45) is 0 Å². The Balaban J connectivity index is 2.05. The molecule has 0 unspecified atom stereocenters. The Hall–Kier alpha value is -1.92. The van der Waals surface area contributed by atoms with E-state index in [1.807, 2.05) is 28.8 Å². The minimum Gasteiger partial charge on any atom is -0.389 e. The molecule has 1 aromatic carbocycles. The van der Waals surface area contributed by atoms with Gasteiger partial charge in [0.1, 0.15) is 5.82 Å². The zero-order valence-corrected chi connectivity index (χ0v) is 11.5. The summed E-state index contributed by atoms with van der Waals surface area (Å²) in [5.41, 5.74) is 1.01. The largest absolute Gasteiger partial charge is 0.389 e. The molecule has 0 aliphatic carbocycles. The number of hydrogen-bond acceptors (Lipinski definition) is 4. The summed E-state index contributed by atoms with van der Waals surface area (Å²) in [7, 11) is 0. The van der Waals surface area contributed by atoms with E-state index in [0.717, 1.165) is 5.65 Å². The number of rotatable bonds is 3. The number of nitrogens with zero attached hydrogens (tertiary/aromatic N) is 3. The van der Waals surface area contributed by atoms with Gasteiger partial charge in [-0.25, -0.2) is 4.39 Å². The molecular weight excluding hydrogens is 277 g/mol. The van der Waals surface area contributed by atoms with Crippen molar-refractivity contribution in [1.29, 1.82) is 0 Å². The lowest BCUT2D eigenvalue weighted by atomic mass is 10.1. The zero-order valence-electron chi connectivity index (χ0n) is 10.7. The molecule has 2 aromatic heterocycles. The fraction of sp³-hybridized carbons (Fsp3) is 0.143. The van der Waals surface area contributed by atoms with E-state index in [0.29, 0.717) is 10.1 Å². The molecule has 3 rings (SSSR count). The third-order valence-corrected chi connectivity index (χ3v) is 3.95. The van der Waals surface area contributed by atoms with Gasteiger partial charge in [-0.2, -0.15) is 0 Å². The average molecular weight is 289 g/mol. The molecule has 1 N–H and O–H groups in total. The lowest BCUT2D eigenvalue weighted by Gasteiger charge is -2.11. The van der Waals surface area contributed by atoms with Crippen LogP contribution in [0, 0.1) is 5.82 Å². The Morgan fingerprint density at radius 2 is 2.05 bits per heavy atom. The van der Waals surface area contributed by atoms with Gasteiger partial charge in [0.25, 0.3) is 0 Å². The van der Waals surface area contributed by atoms with Crippen LogP contribution in [-0.2, 0) is 0 Å². The van der Waals surface area contributed by atoms with Gasteiger partial charge in [-0.15, -0.1) is 10.2 Å². The summed E-state index contributed by atoms with van der Waals surface area (Å²) < 4.78 is 15.6. The second-order valence-corrected chi connectivity index (χ2v) is 5.35. The molecule has 0 radical (unpaired) electrons. The van der Waals surface area contributed by atoms with Crippen LogP contribution in [0.15, 0.2) is 52.6 Å². The van der Waals surface area contributed by atoms with E-state index in [-0.39, 0.29) is 5.56 Å². The number of fused-ring (bicyclic) bond motifs is 1. The second-order valence-electron chi connectivity index (χ2n) is 4.34. The van der Waals surface area contributed by atoms with Crippen LogP contribution in [0.1, 0.15) is 18.6 Å². The first-order chi connectivity index (χ1) is 9.66. The van der Waals surface area contributed by atoms with Gasteiger partial charge < -0.3 is 5.11 Å². The number of benzene rings is 1. The maximum atomic E-state index is 13.8. The van der Waals surface area contributed by atoms with Crippen molar-refractivity contribution in [2.75, 3.05) is 0 Å². The van der Waals surface area contributed by atoms with Gasteiger partial charge in [0.05, 0.1) is 6.10 Å². The summed E-state index contributed by atoms with van der Waals surface area (Å²) in [6.45, 7) is 1.55. The Morgan fingerprint density at radius 1 is 1.20 bits per heavy atom. The number of aliphatic hydroxyl groups excluding tert-OH is 1. The molecule has 3 aromatic rings. The number of pyridine rings is 1. The summed E-state index contributed by atoms with van der Waals surface area (Å²) >= 11 is 1.28. The molecule has 0 saturated carbocycles. The molecule has 1 atom stereocenters. The predicted octanol–water partition coefficient (Wildman–Crippen LogP) is 3.07. The van der Waals surface area contributed by atoms with Gasteiger partial charge in [0, 0.05) is 16.7 Å². The summed E-state index contributed by atoms with van der Waals surface area (Å²) in [6, 6.07) is 10.3. The van der Waals surface area contributed by atoms with Crippen molar-refractivity contribution in [3.8, 4) is 0 Å². The van der Waals surface area contributed by atoms with Gasteiger partial charge >= 0.3 is 0 Å². The highest BCUT2D eigenvalue weighted by molar-refractivity contribution is 7.99. The fourth-order valence-corrected chi connectivity index (χ4v) is 3.05. The summed E-state index contributed by atoms with van der Waals surface area (Å²) in [6.07, 6.45) is 0.969. The topological polar surface area (TPSA) is 50.4 Å². The van der Waals surface area contributed by atoms with E-state index in [2.05, 4.69) is 10.2 Å². The van der Waals surface area contributed by atoms with Crippen molar-refractivity contribution >= 4 is 17.4 Å². The Kier molecular flexibility index (Phi) is 3.42. The molecule has 6 heteroatoms. The lowest BCUT2D eigenvalue weighted by molar-refractivity contribution is 0.191. The number of aliphatic hydroxyl groups is 1.